The van der Waals surface area contributed by atoms with Crippen molar-refractivity contribution in [1.29, 1.82) is 0 Å². The Bertz CT molecular complexity index is 2050. The Kier molecular flexibility index (Phi) is 12.6. The van der Waals surface area contributed by atoms with Gasteiger partial charge in [0.1, 0.15) is 5.82 Å². The van der Waals surface area contributed by atoms with Crippen LogP contribution in [0.3, 0.4) is 0 Å². The van der Waals surface area contributed by atoms with Crippen molar-refractivity contribution in [2.75, 3.05) is 0 Å². The molecule has 0 saturated heterocycles. The number of hydrogen-bond acceptors (Lipinski definition) is 4. The number of aromatic nitrogens is 3. The fraction of sp³-hybridized carbons (Fsp3) is 0.419. The van der Waals surface area contributed by atoms with E-state index in [1.54, 1.807) is 18.3 Å². The largest absolute Gasteiger partial charge is 0.512 e. The minimum atomic E-state index is -4.27. The van der Waals surface area contributed by atoms with Gasteiger partial charge in [0.25, 0.3) is 0 Å². The summed E-state index contributed by atoms with van der Waals surface area (Å²) in [5.74, 6) is 1.32. The van der Waals surface area contributed by atoms with Crippen LogP contribution in [0.25, 0.3) is 44.5 Å². The third kappa shape index (κ3) is 7.91. The number of carbonyl (C=O) groups is 1. The molecule has 6 rings (SSSR count). The van der Waals surface area contributed by atoms with Crippen molar-refractivity contribution >= 4 is 27.6 Å². The number of hydrogen-bond donors (Lipinski definition) is 1. The fourth-order valence-electron chi connectivity index (χ4n) is 7.06. The van der Waals surface area contributed by atoms with E-state index >= 15 is 0 Å². The third-order valence-corrected chi connectivity index (χ3v) is 10.5. The summed E-state index contributed by atoms with van der Waals surface area (Å²) in [5.41, 5.74) is 3.95. The maximum atomic E-state index is 13.4. The summed E-state index contributed by atoms with van der Waals surface area (Å²) in [6, 6.07) is 23.2. The number of pyridine rings is 1. The molecule has 279 valence electrons. The zero-order chi connectivity index (χ0) is 37.3. The number of benzene rings is 3. The van der Waals surface area contributed by atoms with Gasteiger partial charge in [-0.2, -0.15) is 13.2 Å². The van der Waals surface area contributed by atoms with Gasteiger partial charge in [-0.3, -0.25) is 9.78 Å². The Morgan fingerprint density at radius 2 is 1.56 bits per heavy atom. The zero-order valence-corrected chi connectivity index (χ0v) is 33.7. The van der Waals surface area contributed by atoms with Gasteiger partial charge < -0.3 is 9.67 Å². The van der Waals surface area contributed by atoms with E-state index in [-0.39, 0.29) is 49.9 Å². The predicted molar refractivity (Wildman–Crippen MR) is 201 cm³/mol. The van der Waals surface area contributed by atoms with Crippen molar-refractivity contribution in [1.82, 2.24) is 14.5 Å². The van der Waals surface area contributed by atoms with Crippen LogP contribution in [0.2, 0.25) is 0 Å². The minimum Gasteiger partial charge on any atom is -0.512 e. The molecular weight excluding hydrogens is 840 g/mol. The Balaban J connectivity index is 0.000000323. The van der Waals surface area contributed by atoms with Crippen molar-refractivity contribution in [2.45, 2.75) is 99.2 Å². The smallest absolute Gasteiger partial charge is 0.394 e. The van der Waals surface area contributed by atoms with Gasteiger partial charge in [-0.05, 0) is 57.6 Å². The van der Waals surface area contributed by atoms with Gasteiger partial charge in [-0.25, -0.2) is 4.98 Å². The quantitative estimate of drug-likeness (QED) is 0.0862. The first-order valence-electron chi connectivity index (χ1n) is 18.0. The first-order valence-corrected chi connectivity index (χ1v) is 18.0. The van der Waals surface area contributed by atoms with E-state index < -0.39 is 17.1 Å². The monoisotopic (exact) mass is 889 g/mol. The molecule has 1 radical (unpaired) electrons. The van der Waals surface area contributed by atoms with Gasteiger partial charge in [0.15, 0.2) is 5.78 Å². The van der Waals surface area contributed by atoms with Crippen LogP contribution in [0.5, 0.6) is 0 Å². The summed E-state index contributed by atoms with van der Waals surface area (Å²) in [4.78, 5) is 21.4. The Morgan fingerprint density at radius 3 is 2.15 bits per heavy atom. The van der Waals surface area contributed by atoms with Crippen molar-refractivity contribution < 1.29 is 43.2 Å². The van der Waals surface area contributed by atoms with E-state index in [2.05, 4.69) is 42.7 Å². The molecule has 5 aromatic rings. The zero-order valence-electron chi connectivity index (χ0n) is 31.3. The Labute approximate surface area is 319 Å². The molecular formula is C43H49F3IrN3O2-. The molecule has 1 aliphatic rings. The molecule has 0 atom stereocenters. The summed E-state index contributed by atoms with van der Waals surface area (Å²) >= 11 is 0. The van der Waals surface area contributed by atoms with Gasteiger partial charge in [-0.15, -0.1) is 23.6 Å². The van der Waals surface area contributed by atoms with Gasteiger partial charge in [-0.1, -0.05) is 101 Å². The topological polar surface area (TPSA) is 68.0 Å². The van der Waals surface area contributed by atoms with Crippen LogP contribution in [0.15, 0.2) is 78.7 Å². The molecule has 2 aromatic heterocycles. The second-order valence-electron chi connectivity index (χ2n) is 14.8. The number of imidazole rings is 1. The van der Waals surface area contributed by atoms with Crippen LogP contribution in [-0.4, -0.2) is 31.6 Å². The number of fused-ring (bicyclic) bond motifs is 3. The van der Waals surface area contributed by atoms with E-state index in [1.165, 1.54) is 19.9 Å². The molecule has 3 aromatic carbocycles. The van der Waals surface area contributed by atoms with Crippen LogP contribution < -0.4 is 0 Å². The maximum absolute atomic E-state index is 13.4. The normalized spacial score (nSPS) is 13.9. The number of allylic oxidation sites excluding steroid dienone is 2. The molecule has 1 aliphatic heterocycles. The van der Waals surface area contributed by atoms with Crippen molar-refractivity contribution in [3.05, 3.63) is 95.9 Å². The predicted octanol–water partition coefficient (Wildman–Crippen LogP) is 11.8. The molecule has 0 unspecified atom stereocenters. The number of aliphatic hydroxyl groups excluding tert-OH is 1. The fourth-order valence-corrected chi connectivity index (χ4v) is 7.06. The average Bonchev–Trinajstić information content (AvgIpc) is 3.49. The minimum absolute atomic E-state index is 0. The standard InChI is InChI=1S/C30H25F3N3.C13H24O2.Ir/c1-28(2,30(31,32)33)17-18-9-11-19(12-10-18)27-35-24-13-14-34-25-22-15-20-7-5-6-8-21(20)16-23(22)29(3,4)36(27)26(24)25;1-5-10(6-2)12(14)9-13(15)11(7-3)8-4;/h5-14,16H,17H2,1-4H3;9-11,14H,5-8H2,1-4H3;/q-1;;/b;12-9-;. The molecule has 52 heavy (non-hydrogen) atoms. The second kappa shape index (κ2) is 16.1. The summed E-state index contributed by atoms with van der Waals surface area (Å²) in [6.45, 7) is 14.9. The van der Waals surface area contributed by atoms with Crippen molar-refractivity contribution in [3.63, 3.8) is 0 Å². The van der Waals surface area contributed by atoms with E-state index in [0.717, 1.165) is 75.7 Å². The molecule has 0 fully saturated rings. The molecule has 0 saturated carbocycles. The summed E-state index contributed by atoms with van der Waals surface area (Å²) in [6.07, 6.45) is 2.33. The number of alkyl halides is 3. The second-order valence-corrected chi connectivity index (χ2v) is 14.8. The first-order chi connectivity index (χ1) is 24.1. The van der Waals surface area contributed by atoms with Crippen molar-refractivity contribution in [2.24, 2.45) is 17.3 Å². The SMILES string of the molecule is CC1(C)c2cc3ccccc3[c-]c2-c2nccc3nc(-c4ccc(CC(C)(C)C(F)(F)F)cc4)n1c23.CCC(CC)C(=O)/C=C(\O)C(CC)CC.[Ir]. The van der Waals surface area contributed by atoms with E-state index in [9.17, 15) is 23.1 Å². The van der Waals surface area contributed by atoms with E-state index in [4.69, 9.17) is 9.97 Å². The van der Waals surface area contributed by atoms with Crippen LogP contribution in [0.1, 0.15) is 92.2 Å². The molecule has 0 amide bonds. The number of aliphatic hydroxyl groups is 1. The summed E-state index contributed by atoms with van der Waals surface area (Å²) in [5, 5.41) is 11.9. The Hall–Kier alpha value is -3.81. The van der Waals surface area contributed by atoms with Crippen LogP contribution in [0.4, 0.5) is 13.2 Å². The summed E-state index contributed by atoms with van der Waals surface area (Å²) < 4.78 is 42.4. The van der Waals surface area contributed by atoms with Crippen LogP contribution in [0, 0.1) is 23.3 Å². The summed E-state index contributed by atoms with van der Waals surface area (Å²) in [7, 11) is 0. The van der Waals surface area contributed by atoms with Gasteiger partial charge in [0, 0.05) is 61.0 Å². The molecule has 3 heterocycles. The number of nitrogens with zero attached hydrogens (tertiary/aromatic N) is 3. The Morgan fingerprint density at radius 1 is 0.942 bits per heavy atom. The first kappa shape index (κ1) is 41.0. The van der Waals surface area contributed by atoms with Gasteiger partial charge in [0.2, 0.25) is 0 Å². The molecule has 0 spiro atoms. The number of halogens is 3. The molecule has 5 nitrogen and oxygen atoms in total. The van der Waals surface area contributed by atoms with E-state index in [0.29, 0.717) is 5.56 Å². The number of rotatable bonds is 10. The van der Waals surface area contributed by atoms with Gasteiger partial charge >= 0.3 is 6.18 Å². The van der Waals surface area contributed by atoms with Crippen molar-refractivity contribution in [3.8, 4) is 22.6 Å². The number of ketones is 1. The maximum Gasteiger partial charge on any atom is 0.394 e. The third-order valence-electron chi connectivity index (χ3n) is 10.5. The number of carbonyl (C=O) groups excluding carboxylic acids is 1. The molecule has 1 N–H and O–H groups in total. The van der Waals surface area contributed by atoms with Crippen LogP contribution >= 0.6 is 0 Å². The molecule has 0 aliphatic carbocycles. The molecule has 0 bridgehead atoms. The van der Waals surface area contributed by atoms with Crippen LogP contribution in [-0.2, 0) is 36.9 Å². The van der Waals surface area contributed by atoms with Gasteiger partial charge in [0.05, 0.1) is 22.2 Å². The average molecular weight is 889 g/mol. The van der Waals surface area contributed by atoms with E-state index in [1.807, 2.05) is 58.0 Å². The molecule has 9 heteroatoms.